The maximum Gasteiger partial charge on any atom is 0.224 e. The summed E-state index contributed by atoms with van der Waals surface area (Å²) in [6.45, 7) is 5.17. The van der Waals surface area contributed by atoms with Gasteiger partial charge in [0.2, 0.25) is 11.7 Å². The predicted molar refractivity (Wildman–Crippen MR) is 111 cm³/mol. The summed E-state index contributed by atoms with van der Waals surface area (Å²) in [4.78, 5) is 11.1. The molecule has 3 N–H and O–H groups in total. The van der Waals surface area contributed by atoms with Crippen LogP contribution in [0.15, 0.2) is 18.3 Å². The van der Waals surface area contributed by atoms with E-state index in [1.165, 1.54) is 0 Å². The number of methoxy groups -OCH3 is 3. The Balaban J connectivity index is 1.64. The Morgan fingerprint density at radius 3 is 2.38 bits per heavy atom. The molecule has 1 aromatic heterocycles. The van der Waals surface area contributed by atoms with Crippen molar-refractivity contribution < 1.29 is 18.9 Å². The third-order valence-electron chi connectivity index (χ3n) is 4.83. The van der Waals surface area contributed by atoms with E-state index < -0.39 is 0 Å². The Morgan fingerprint density at radius 1 is 1.10 bits per heavy atom. The Labute approximate surface area is 171 Å². The van der Waals surface area contributed by atoms with E-state index in [1.54, 1.807) is 27.5 Å². The highest BCUT2D eigenvalue weighted by Crippen LogP contribution is 2.38. The third kappa shape index (κ3) is 5.39. The second kappa shape index (κ2) is 10.1. The maximum atomic E-state index is 6.18. The minimum atomic E-state index is 0.447. The molecule has 1 aliphatic heterocycles. The normalized spacial score (nSPS) is 14.4. The molecule has 0 spiro atoms. The molecule has 1 aromatic carbocycles. The van der Waals surface area contributed by atoms with E-state index in [0.29, 0.717) is 35.4 Å². The third-order valence-corrected chi connectivity index (χ3v) is 4.83. The molecule has 1 fully saturated rings. The molecule has 1 saturated heterocycles. The Bertz CT molecular complexity index is 786. The number of rotatable bonds is 9. The van der Waals surface area contributed by atoms with Crippen LogP contribution in [0, 0.1) is 0 Å². The smallest absolute Gasteiger partial charge is 0.224 e. The summed E-state index contributed by atoms with van der Waals surface area (Å²) >= 11 is 0. The van der Waals surface area contributed by atoms with Crippen LogP contribution in [0.25, 0.3) is 0 Å². The lowest BCUT2D eigenvalue weighted by atomic mass is 10.1. The van der Waals surface area contributed by atoms with Gasteiger partial charge in [0, 0.05) is 44.4 Å². The molecule has 9 nitrogen and oxygen atoms in total. The molecule has 0 saturated carbocycles. The fraction of sp³-hybridized carbons (Fsp3) is 0.500. The van der Waals surface area contributed by atoms with Crippen molar-refractivity contribution in [2.75, 3.05) is 71.8 Å². The van der Waals surface area contributed by atoms with Crippen LogP contribution in [-0.4, -0.2) is 75.6 Å². The van der Waals surface area contributed by atoms with Crippen LogP contribution < -0.4 is 25.3 Å². The molecule has 158 valence electrons. The number of nitrogen functional groups attached to an aromatic ring is 1. The topological polar surface area (TPSA) is 104 Å². The van der Waals surface area contributed by atoms with Crippen LogP contribution in [0.1, 0.15) is 11.1 Å². The van der Waals surface area contributed by atoms with Gasteiger partial charge in [0.05, 0.1) is 34.5 Å². The molecule has 0 bridgehead atoms. The van der Waals surface area contributed by atoms with Crippen LogP contribution in [0.2, 0.25) is 0 Å². The SMILES string of the molecule is COc1cc(Cc2cnc(NCCN3CCOCC3)nc2N)cc(OC)c1OC. The number of nitrogens with one attached hydrogen (secondary N) is 1. The van der Waals surface area contributed by atoms with Crippen LogP contribution >= 0.6 is 0 Å². The number of anilines is 2. The van der Waals surface area contributed by atoms with Gasteiger partial charge in [-0.25, -0.2) is 4.98 Å². The van der Waals surface area contributed by atoms with Gasteiger partial charge in [0.15, 0.2) is 11.5 Å². The summed E-state index contributed by atoms with van der Waals surface area (Å²) in [5, 5.41) is 3.23. The molecular weight excluding hydrogens is 374 g/mol. The zero-order valence-electron chi connectivity index (χ0n) is 17.2. The van der Waals surface area contributed by atoms with Gasteiger partial charge >= 0.3 is 0 Å². The molecular formula is C20H29N5O4. The van der Waals surface area contributed by atoms with Crippen molar-refractivity contribution in [3.63, 3.8) is 0 Å². The van der Waals surface area contributed by atoms with E-state index in [-0.39, 0.29) is 0 Å². The van der Waals surface area contributed by atoms with Crippen molar-refractivity contribution in [2.24, 2.45) is 0 Å². The highest BCUT2D eigenvalue weighted by molar-refractivity contribution is 5.55. The molecule has 29 heavy (non-hydrogen) atoms. The number of morpholine rings is 1. The highest BCUT2D eigenvalue weighted by Gasteiger charge is 2.15. The zero-order valence-corrected chi connectivity index (χ0v) is 17.2. The molecule has 1 aliphatic rings. The van der Waals surface area contributed by atoms with Crippen molar-refractivity contribution in [1.82, 2.24) is 14.9 Å². The molecule has 0 unspecified atom stereocenters. The Morgan fingerprint density at radius 2 is 1.79 bits per heavy atom. The summed E-state index contributed by atoms with van der Waals surface area (Å²) in [5.74, 6) is 2.74. The zero-order chi connectivity index (χ0) is 20.6. The largest absolute Gasteiger partial charge is 0.493 e. The number of hydrogen-bond donors (Lipinski definition) is 2. The number of nitrogens with two attached hydrogens (primary N) is 1. The number of nitrogens with zero attached hydrogens (tertiary/aromatic N) is 3. The fourth-order valence-corrected chi connectivity index (χ4v) is 3.25. The van der Waals surface area contributed by atoms with E-state index in [0.717, 1.165) is 50.5 Å². The molecule has 2 heterocycles. The second-order valence-corrected chi connectivity index (χ2v) is 6.70. The fourth-order valence-electron chi connectivity index (χ4n) is 3.25. The van der Waals surface area contributed by atoms with Gasteiger partial charge in [-0.3, -0.25) is 4.90 Å². The first-order valence-electron chi connectivity index (χ1n) is 9.58. The number of ether oxygens (including phenoxy) is 4. The van der Waals surface area contributed by atoms with Gasteiger partial charge in [0.25, 0.3) is 0 Å². The van der Waals surface area contributed by atoms with E-state index in [9.17, 15) is 0 Å². The Hall–Kier alpha value is -2.78. The van der Waals surface area contributed by atoms with Gasteiger partial charge in [-0.1, -0.05) is 0 Å². The maximum absolute atomic E-state index is 6.18. The van der Waals surface area contributed by atoms with Gasteiger partial charge in [0.1, 0.15) is 5.82 Å². The average Bonchev–Trinajstić information content (AvgIpc) is 2.75. The van der Waals surface area contributed by atoms with Crippen LogP contribution in [-0.2, 0) is 11.2 Å². The lowest BCUT2D eigenvalue weighted by Gasteiger charge is -2.26. The first-order chi connectivity index (χ1) is 14.1. The van der Waals surface area contributed by atoms with Crippen LogP contribution in [0.3, 0.4) is 0 Å². The first-order valence-corrected chi connectivity index (χ1v) is 9.58. The predicted octanol–water partition coefficient (Wildman–Crippen LogP) is 1.42. The van der Waals surface area contributed by atoms with Gasteiger partial charge in [-0.15, -0.1) is 0 Å². The monoisotopic (exact) mass is 403 g/mol. The van der Waals surface area contributed by atoms with E-state index in [4.69, 9.17) is 24.7 Å². The van der Waals surface area contributed by atoms with Crippen LogP contribution in [0.4, 0.5) is 11.8 Å². The van der Waals surface area contributed by atoms with E-state index in [2.05, 4.69) is 20.2 Å². The van der Waals surface area contributed by atoms with Crippen molar-refractivity contribution in [1.29, 1.82) is 0 Å². The molecule has 3 rings (SSSR count). The molecule has 0 radical (unpaired) electrons. The van der Waals surface area contributed by atoms with E-state index >= 15 is 0 Å². The molecule has 0 amide bonds. The van der Waals surface area contributed by atoms with Crippen molar-refractivity contribution in [3.8, 4) is 17.2 Å². The summed E-state index contributed by atoms with van der Waals surface area (Å²) in [6, 6.07) is 3.80. The first kappa shape index (κ1) is 20.9. The molecule has 0 atom stereocenters. The van der Waals surface area contributed by atoms with Gasteiger partial charge in [-0.2, -0.15) is 4.98 Å². The van der Waals surface area contributed by atoms with Crippen molar-refractivity contribution in [2.45, 2.75) is 6.42 Å². The highest BCUT2D eigenvalue weighted by atomic mass is 16.5. The average molecular weight is 403 g/mol. The van der Waals surface area contributed by atoms with E-state index in [1.807, 2.05) is 12.1 Å². The summed E-state index contributed by atoms with van der Waals surface area (Å²) < 4.78 is 21.5. The van der Waals surface area contributed by atoms with Crippen molar-refractivity contribution >= 4 is 11.8 Å². The lowest BCUT2D eigenvalue weighted by Crippen LogP contribution is -2.39. The minimum absolute atomic E-state index is 0.447. The van der Waals surface area contributed by atoms with Crippen LogP contribution in [0.5, 0.6) is 17.2 Å². The summed E-state index contributed by atoms with van der Waals surface area (Å²) in [5.41, 5.74) is 7.97. The molecule has 9 heteroatoms. The van der Waals surface area contributed by atoms with Crippen molar-refractivity contribution in [3.05, 3.63) is 29.5 Å². The lowest BCUT2D eigenvalue weighted by molar-refractivity contribution is 0.0398. The minimum Gasteiger partial charge on any atom is -0.493 e. The quantitative estimate of drug-likeness (QED) is 0.643. The van der Waals surface area contributed by atoms with Gasteiger partial charge < -0.3 is 30.0 Å². The molecule has 0 aliphatic carbocycles. The number of hydrogen-bond acceptors (Lipinski definition) is 9. The van der Waals surface area contributed by atoms with Gasteiger partial charge in [-0.05, 0) is 17.7 Å². The molecule has 2 aromatic rings. The number of benzene rings is 1. The second-order valence-electron chi connectivity index (χ2n) is 6.70. The standard InChI is InChI=1S/C20H29N5O4/c1-26-16-11-14(12-17(27-2)18(16)28-3)10-15-13-23-20(24-19(15)21)22-4-5-25-6-8-29-9-7-25/h11-13H,4-10H2,1-3H3,(H3,21,22,23,24). The number of aromatic nitrogens is 2. The Kier molecular flexibility index (Phi) is 7.31. The summed E-state index contributed by atoms with van der Waals surface area (Å²) in [7, 11) is 4.77. The summed E-state index contributed by atoms with van der Waals surface area (Å²) in [6.07, 6.45) is 2.30.